The van der Waals surface area contributed by atoms with Crippen LogP contribution in [0, 0.1) is 5.82 Å². The van der Waals surface area contributed by atoms with Crippen molar-refractivity contribution in [3.8, 4) is 11.5 Å². The van der Waals surface area contributed by atoms with Crippen LogP contribution in [0.25, 0.3) is 11.0 Å². The fraction of sp³-hybridized carbons (Fsp3) is 0.409. The van der Waals surface area contributed by atoms with Crippen LogP contribution in [0.3, 0.4) is 0 Å². The summed E-state index contributed by atoms with van der Waals surface area (Å²) in [6.07, 6.45) is 7.33. The molecular weight excluding hydrogens is 385 g/mol. The van der Waals surface area contributed by atoms with Crippen LogP contribution in [0.5, 0.6) is 11.5 Å². The van der Waals surface area contributed by atoms with E-state index in [4.69, 9.17) is 19.4 Å². The van der Waals surface area contributed by atoms with Crippen LogP contribution >= 0.6 is 0 Å². The Morgan fingerprint density at radius 1 is 1.07 bits per heavy atom. The molecule has 0 radical (unpaired) electrons. The first-order chi connectivity index (χ1) is 14.7. The highest BCUT2D eigenvalue weighted by Gasteiger charge is 2.28. The largest absolute Gasteiger partial charge is 0.497 e. The van der Waals surface area contributed by atoms with Crippen LogP contribution in [0.15, 0.2) is 36.7 Å². The smallest absolute Gasteiger partial charge is 0.172 e. The van der Waals surface area contributed by atoms with Crippen molar-refractivity contribution >= 4 is 22.7 Å². The second kappa shape index (κ2) is 7.93. The molecule has 1 N–H and O–H groups in total. The summed E-state index contributed by atoms with van der Waals surface area (Å²) < 4.78 is 25.2. The molecule has 0 unspecified atom stereocenters. The Bertz CT molecular complexity index is 1050. The SMILES string of the molecule is COc1ccc(OC2CCN(c3nc4cnccc4nc3NC3CC3)CC2)c(F)c1. The zero-order valence-electron chi connectivity index (χ0n) is 16.8. The molecule has 0 bridgehead atoms. The number of ether oxygens (including phenoxy) is 2. The highest BCUT2D eigenvalue weighted by atomic mass is 19.1. The van der Waals surface area contributed by atoms with Crippen LogP contribution in [0.4, 0.5) is 16.0 Å². The molecule has 156 valence electrons. The standard InChI is InChI=1S/C22H24FN5O2/c1-29-16-4-5-20(17(23)12-16)30-15-7-10-28(11-8-15)22-21(25-14-2-3-14)26-18-6-9-24-13-19(18)27-22/h4-6,9,12-15H,2-3,7-8,10-11H2,1H3,(H,25,26). The predicted octanol–water partition coefficient (Wildman–Crippen LogP) is 3.79. The number of hydrogen-bond donors (Lipinski definition) is 1. The van der Waals surface area contributed by atoms with E-state index in [2.05, 4.69) is 15.2 Å². The van der Waals surface area contributed by atoms with Gasteiger partial charge in [0, 0.05) is 44.2 Å². The van der Waals surface area contributed by atoms with Gasteiger partial charge < -0.3 is 19.7 Å². The molecule has 1 aliphatic heterocycles. The molecule has 3 aromatic rings. The molecule has 3 heterocycles. The van der Waals surface area contributed by atoms with Crippen molar-refractivity contribution in [2.45, 2.75) is 37.8 Å². The molecule has 2 fully saturated rings. The van der Waals surface area contributed by atoms with Crippen LogP contribution in [-0.2, 0) is 0 Å². The lowest BCUT2D eigenvalue weighted by atomic mass is 10.1. The van der Waals surface area contributed by atoms with Gasteiger partial charge in [-0.2, -0.15) is 0 Å². The van der Waals surface area contributed by atoms with Crippen molar-refractivity contribution in [1.29, 1.82) is 0 Å². The predicted molar refractivity (Wildman–Crippen MR) is 113 cm³/mol. The van der Waals surface area contributed by atoms with Gasteiger partial charge in [-0.1, -0.05) is 0 Å². The van der Waals surface area contributed by atoms with Crippen LogP contribution in [-0.4, -0.2) is 47.3 Å². The number of nitrogens with zero attached hydrogens (tertiary/aromatic N) is 4. The topological polar surface area (TPSA) is 72.4 Å². The van der Waals surface area contributed by atoms with Crippen LogP contribution in [0.1, 0.15) is 25.7 Å². The van der Waals surface area contributed by atoms with Gasteiger partial charge in [0.2, 0.25) is 0 Å². The lowest BCUT2D eigenvalue weighted by molar-refractivity contribution is 0.163. The second-order valence-electron chi connectivity index (χ2n) is 7.78. The molecule has 2 aliphatic rings. The molecular formula is C22H24FN5O2. The fourth-order valence-electron chi connectivity index (χ4n) is 3.70. The summed E-state index contributed by atoms with van der Waals surface area (Å²) in [6, 6.07) is 7.05. The molecule has 1 saturated carbocycles. The molecule has 1 saturated heterocycles. The Morgan fingerprint density at radius 3 is 2.63 bits per heavy atom. The molecule has 2 aromatic heterocycles. The molecule has 5 rings (SSSR count). The summed E-state index contributed by atoms with van der Waals surface area (Å²) in [5.41, 5.74) is 1.62. The molecule has 7 nitrogen and oxygen atoms in total. The van der Waals surface area contributed by atoms with Gasteiger partial charge in [-0.25, -0.2) is 14.4 Å². The number of aromatic nitrogens is 3. The van der Waals surface area contributed by atoms with Gasteiger partial charge in [-0.3, -0.25) is 4.98 Å². The fourth-order valence-corrected chi connectivity index (χ4v) is 3.70. The number of anilines is 2. The van der Waals surface area contributed by atoms with Gasteiger partial charge in [0.25, 0.3) is 0 Å². The number of fused-ring (bicyclic) bond motifs is 1. The third-order valence-corrected chi connectivity index (χ3v) is 5.54. The van der Waals surface area contributed by atoms with E-state index in [0.29, 0.717) is 11.8 Å². The summed E-state index contributed by atoms with van der Waals surface area (Å²) in [6.45, 7) is 1.53. The first-order valence-electron chi connectivity index (χ1n) is 10.3. The average Bonchev–Trinajstić information content (AvgIpc) is 3.59. The van der Waals surface area contributed by atoms with E-state index < -0.39 is 5.82 Å². The number of methoxy groups -OCH3 is 1. The number of hydrogen-bond acceptors (Lipinski definition) is 7. The van der Waals surface area contributed by atoms with E-state index in [9.17, 15) is 4.39 Å². The molecule has 1 aromatic carbocycles. The third kappa shape index (κ3) is 3.94. The highest BCUT2D eigenvalue weighted by molar-refractivity contribution is 5.80. The van der Waals surface area contributed by atoms with Crippen molar-refractivity contribution in [2.24, 2.45) is 0 Å². The number of rotatable bonds is 6. The lowest BCUT2D eigenvalue weighted by Gasteiger charge is -2.33. The average molecular weight is 409 g/mol. The third-order valence-electron chi connectivity index (χ3n) is 5.54. The van der Waals surface area contributed by atoms with Crippen molar-refractivity contribution < 1.29 is 13.9 Å². The number of halogens is 1. The molecule has 0 amide bonds. The van der Waals surface area contributed by atoms with E-state index in [1.165, 1.54) is 26.0 Å². The van der Waals surface area contributed by atoms with E-state index in [1.54, 1.807) is 24.5 Å². The van der Waals surface area contributed by atoms with Gasteiger partial charge in [0.05, 0.1) is 18.8 Å². The second-order valence-corrected chi connectivity index (χ2v) is 7.78. The van der Waals surface area contributed by atoms with E-state index in [-0.39, 0.29) is 11.9 Å². The van der Waals surface area contributed by atoms with E-state index >= 15 is 0 Å². The van der Waals surface area contributed by atoms with Crippen LogP contribution in [0.2, 0.25) is 0 Å². The zero-order valence-corrected chi connectivity index (χ0v) is 16.8. The summed E-state index contributed by atoms with van der Waals surface area (Å²) in [5.74, 6) is 2.03. The maximum Gasteiger partial charge on any atom is 0.172 e. The summed E-state index contributed by atoms with van der Waals surface area (Å²) in [7, 11) is 1.52. The van der Waals surface area contributed by atoms with Crippen molar-refractivity contribution in [2.75, 3.05) is 30.4 Å². The molecule has 30 heavy (non-hydrogen) atoms. The number of piperidine rings is 1. The maximum absolute atomic E-state index is 14.2. The number of pyridine rings is 1. The number of benzene rings is 1. The summed E-state index contributed by atoms with van der Waals surface area (Å²) in [5, 5.41) is 3.51. The Morgan fingerprint density at radius 2 is 1.90 bits per heavy atom. The molecule has 1 aliphatic carbocycles. The van der Waals surface area contributed by atoms with Crippen molar-refractivity contribution in [3.63, 3.8) is 0 Å². The normalized spacial score (nSPS) is 17.2. The minimum atomic E-state index is -0.402. The minimum Gasteiger partial charge on any atom is -0.497 e. The minimum absolute atomic E-state index is 0.0425. The Kier molecular flexibility index (Phi) is 4.98. The van der Waals surface area contributed by atoms with Gasteiger partial charge in [-0.05, 0) is 31.0 Å². The molecule has 8 heteroatoms. The molecule has 0 spiro atoms. The Labute approximate surface area is 174 Å². The summed E-state index contributed by atoms with van der Waals surface area (Å²) in [4.78, 5) is 16.0. The van der Waals surface area contributed by atoms with Gasteiger partial charge >= 0.3 is 0 Å². The molecule has 0 atom stereocenters. The number of nitrogens with one attached hydrogen (secondary N) is 1. The lowest BCUT2D eigenvalue weighted by Crippen LogP contribution is -2.39. The maximum atomic E-state index is 14.2. The van der Waals surface area contributed by atoms with E-state index in [1.807, 2.05) is 6.07 Å². The Hall–Kier alpha value is -3.16. The Balaban J connectivity index is 1.30. The van der Waals surface area contributed by atoms with Gasteiger partial charge in [-0.15, -0.1) is 0 Å². The highest BCUT2D eigenvalue weighted by Crippen LogP contribution is 2.33. The summed E-state index contributed by atoms with van der Waals surface area (Å²) >= 11 is 0. The first-order valence-corrected chi connectivity index (χ1v) is 10.3. The van der Waals surface area contributed by atoms with Gasteiger partial charge in [0.1, 0.15) is 17.4 Å². The van der Waals surface area contributed by atoms with E-state index in [0.717, 1.165) is 48.6 Å². The monoisotopic (exact) mass is 409 g/mol. The van der Waals surface area contributed by atoms with Crippen molar-refractivity contribution in [1.82, 2.24) is 15.0 Å². The van der Waals surface area contributed by atoms with Gasteiger partial charge in [0.15, 0.2) is 23.2 Å². The van der Waals surface area contributed by atoms with Crippen molar-refractivity contribution in [3.05, 3.63) is 42.5 Å². The quantitative estimate of drug-likeness (QED) is 0.664. The first kappa shape index (κ1) is 18.8. The zero-order chi connectivity index (χ0) is 20.5. The van der Waals surface area contributed by atoms with Crippen LogP contribution < -0.4 is 19.7 Å².